The molecule has 0 unspecified atom stereocenters. The number of aromatic hydroxyl groups is 1. The molecule has 1 aliphatic rings. The molecule has 0 radical (unpaired) electrons. The van der Waals surface area contributed by atoms with Crippen LogP contribution in [0.3, 0.4) is 0 Å². The molecule has 3 N–H and O–H groups in total. The summed E-state index contributed by atoms with van der Waals surface area (Å²) in [6.45, 7) is 4.41. The van der Waals surface area contributed by atoms with Crippen LogP contribution < -0.4 is 15.6 Å². The number of hydrogen-bond acceptors (Lipinski definition) is 11. The first-order valence-corrected chi connectivity index (χ1v) is 10.2. The zero-order valence-electron chi connectivity index (χ0n) is 17.8. The number of hydrazone groups is 1. The van der Waals surface area contributed by atoms with Crippen LogP contribution in [0.4, 0.5) is 29.2 Å². The Morgan fingerprint density at radius 3 is 2.58 bits per heavy atom. The van der Waals surface area contributed by atoms with Crippen LogP contribution in [0.1, 0.15) is 11.1 Å². The van der Waals surface area contributed by atoms with Gasteiger partial charge in [-0.15, -0.1) is 0 Å². The van der Waals surface area contributed by atoms with E-state index in [1.165, 1.54) is 24.4 Å². The Morgan fingerprint density at radius 2 is 1.85 bits per heavy atom. The van der Waals surface area contributed by atoms with Crippen molar-refractivity contribution in [3.05, 3.63) is 63.7 Å². The first kappa shape index (κ1) is 21.9. The van der Waals surface area contributed by atoms with Gasteiger partial charge in [-0.25, -0.2) is 5.43 Å². The SMILES string of the molecule is Cc1ccc(Nc2nc(N/N=C\c3cc([N+](=O)[O-])ccc3O)nc(N3CCOCC3)n2)cc1. The van der Waals surface area contributed by atoms with Crippen LogP contribution in [0.5, 0.6) is 5.75 Å². The van der Waals surface area contributed by atoms with Crippen molar-refractivity contribution < 1.29 is 14.8 Å². The summed E-state index contributed by atoms with van der Waals surface area (Å²) in [6, 6.07) is 11.5. The third kappa shape index (κ3) is 5.68. The largest absolute Gasteiger partial charge is 0.507 e. The number of non-ortho nitro benzene ring substituents is 1. The Morgan fingerprint density at radius 1 is 1.12 bits per heavy atom. The van der Waals surface area contributed by atoms with Crippen molar-refractivity contribution in [1.29, 1.82) is 0 Å². The summed E-state index contributed by atoms with van der Waals surface area (Å²) in [7, 11) is 0. The summed E-state index contributed by atoms with van der Waals surface area (Å²) >= 11 is 0. The van der Waals surface area contributed by atoms with Gasteiger partial charge in [0.1, 0.15) is 5.75 Å². The van der Waals surface area contributed by atoms with Crippen molar-refractivity contribution in [2.24, 2.45) is 5.10 Å². The van der Waals surface area contributed by atoms with E-state index < -0.39 is 4.92 Å². The Bertz CT molecular complexity index is 1160. The minimum Gasteiger partial charge on any atom is -0.507 e. The Kier molecular flexibility index (Phi) is 6.55. The molecule has 3 aromatic rings. The van der Waals surface area contributed by atoms with Crippen molar-refractivity contribution >= 4 is 35.4 Å². The molecule has 1 fully saturated rings. The molecule has 4 rings (SSSR count). The number of aromatic nitrogens is 3. The Balaban J connectivity index is 1.58. The van der Waals surface area contributed by atoms with E-state index >= 15 is 0 Å². The maximum atomic E-state index is 11.0. The van der Waals surface area contributed by atoms with Crippen LogP contribution in [-0.4, -0.2) is 57.5 Å². The van der Waals surface area contributed by atoms with E-state index in [1.54, 1.807) is 0 Å². The lowest BCUT2D eigenvalue weighted by atomic mass is 10.2. The zero-order chi connectivity index (χ0) is 23.2. The van der Waals surface area contributed by atoms with Crippen molar-refractivity contribution in [3.63, 3.8) is 0 Å². The topological polar surface area (TPSA) is 151 Å². The van der Waals surface area contributed by atoms with E-state index in [2.05, 4.69) is 30.8 Å². The predicted molar refractivity (Wildman–Crippen MR) is 123 cm³/mol. The molecule has 1 aromatic heterocycles. The number of ether oxygens (including phenoxy) is 1. The maximum Gasteiger partial charge on any atom is 0.270 e. The molecular formula is C21H22N8O4. The summed E-state index contributed by atoms with van der Waals surface area (Å²) in [5.41, 5.74) is 4.68. The number of nitrogens with one attached hydrogen (secondary N) is 2. The second kappa shape index (κ2) is 9.87. The summed E-state index contributed by atoms with van der Waals surface area (Å²) in [4.78, 5) is 25.7. The zero-order valence-corrected chi connectivity index (χ0v) is 17.8. The first-order valence-electron chi connectivity index (χ1n) is 10.2. The Hall–Kier alpha value is -4.32. The molecule has 1 aliphatic heterocycles. The number of phenolic OH excluding ortho intramolecular Hbond substituents is 1. The van der Waals surface area contributed by atoms with Gasteiger partial charge in [0.05, 0.1) is 24.4 Å². The van der Waals surface area contributed by atoms with E-state index in [4.69, 9.17) is 4.74 Å². The van der Waals surface area contributed by atoms with E-state index in [1.807, 2.05) is 36.1 Å². The fourth-order valence-electron chi connectivity index (χ4n) is 3.06. The molecule has 0 bridgehead atoms. The molecule has 2 heterocycles. The van der Waals surface area contributed by atoms with Crippen LogP contribution in [0.15, 0.2) is 47.6 Å². The van der Waals surface area contributed by atoms with E-state index in [0.29, 0.717) is 38.2 Å². The second-order valence-electron chi connectivity index (χ2n) is 7.24. The highest BCUT2D eigenvalue weighted by atomic mass is 16.6. The van der Waals surface area contributed by atoms with E-state index in [9.17, 15) is 15.2 Å². The van der Waals surface area contributed by atoms with Crippen LogP contribution in [0, 0.1) is 17.0 Å². The molecular weight excluding hydrogens is 428 g/mol. The third-order valence-corrected chi connectivity index (χ3v) is 4.82. The number of nitrogens with zero attached hydrogens (tertiary/aromatic N) is 6. The van der Waals surface area contributed by atoms with Crippen molar-refractivity contribution in [2.45, 2.75) is 6.92 Å². The van der Waals surface area contributed by atoms with Gasteiger partial charge in [0.2, 0.25) is 17.8 Å². The van der Waals surface area contributed by atoms with Gasteiger partial charge in [-0.1, -0.05) is 17.7 Å². The average molecular weight is 450 g/mol. The molecule has 170 valence electrons. The fraction of sp³-hybridized carbons (Fsp3) is 0.238. The van der Waals surface area contributed by atoms with Crippen LogP contribution >= 0.6 is 0 Å². The lowest BCUT2D eigenvalue weighted by Gasteiger charge is -2.27. The molecule has 0 atom stereocenters. The normalized spacial score (nSPS) is 13.8. The smallest absolute Gasteiger partial charge is 0.270 e. The molecule has 33 heavy (non-hydrogen) atoms. The summed E-state index contributed by atoms with van der Waals surface area (Å²) in [5.74, 6) is 0.810. The lowest BCUT2D eigenvalue weighted by molar-refractivity contribution is -0.384. The summed E-state index contributed by atoms with van der Waals surface area (Å²) in [5, 5.41) is 28.1. The number of benzene rings is 2. The highest BCUT2D eigenvalue weighted by Crippen LogP contribution is 2.22. The van der Waals surface area contributed by atoms with Crippen molar-refractivity contribution in [1.82, 2.24) is 15.0 Å². The monoisotopic (exact) mass is 450 g/mol. The summed E-state index contributed by atoms with van der Waals surface area (Å²) in [6.07, 6.45) is 1.26. The highest BCUT2D eigenvalue weighted by molar-refractivity contribution is 5.84. The Labute approximate surface area is 189 Å². The fourth-order valence-corrected chi connectivity index (χ4v) is 3.06. The van der Waals surface area contributed by atoms with E-state index in [0.717, 1.165) is 11.3 Å². The molecule has 12 heteroatoms. The van der Waals surface area contributed by atoms with Crippen LogP contribution in [0.25, 0.3) is 0 Å². The van der Waals surface area contributed by atoms with Gasteiger partial charge in [-0.05, 0) is 25.1 Å². The van der Waals surface area contributed by atoms with Gasteiger partial charge >= 0.3 is 0 Å². The predicted octanol–water partition coefficient (Wildman–Crippen LogP) is 2.82. The van der Waals surface area contributed by atoms with Gasteiger partial charge in [0, 0.05) is 36.5 Å². The quantitative estimate of drug-likeness (QED) is 0.278. The minimum atomic E-state index is -0.548. The van der Waals surface area contributed by atoms with Crippen molar-refractivity contribution in [3.8, 4) is 5.75 Å². The van der Waals surface area contributed by atoms with Crippen LogP contribution in [-0.2, 0) is 4.74 Å². The van der Waals surface area contributed by atoms with Crippen LogP contribution in [0.2, 0.25) is 0 Å². The standard InChI is InChI=1S/C21H22N8O4/c1-14-2-4-16(5-3-14)23-19-24-20(26-21(25-19)28-8-10-33-11-9-28)27-22-13-15-12-17(29(31)32)6-7-18(15)30/h2-7,12-13,30H,8-11H2,1H3,(H2,23,24,25,26,27)/b22-13-. The van der Waals surface area contributed by atoms with E-state index in [-0.39, 0.29) is 22.9 Å². The maximum absolute atomic E-state index is 11.0. The third-order valence-electron chi connectivity index (χ3n) is 4.82. The lowest BCUT2D eigenvalue weighted by Crippen LogP contribution is -2.37. The first-order chi connectivity index (χ1) is 16.0. The van der Waals surface area contributed by atoms with Gasteiger partial charge in [0.15, 0.2) is 0 Å². The number of nitro groups is 1. The molecule has 1 saturated heterocycles. The van der Waals surface area contributed by atoms with Crippen molar-refractivity contribution in [2.75, 3.05) is 41.9 Å². The molecule has 12 nitrogen and oxygen atoms in total. The van der Waals surface area contributed by atoms with Gasteiger partial charge in [-0.3, -0.25) is 10.1 Å². The number of anilines is 4. The highest BCUT2D eigenvalue weighted by Gasteiger charge is 2.17. The molecule has 2 aromatic carbocycles. The second-order valence-corrected chi connectivity index (χ2v) is 7.24. The average Bonchev–Trinajstić information content (AvgIpc) is 2.82. The number of aryl methyl sites for hydroxylation is 1. The minimum absolute atomic E-state index is 0.141. The number of nitro benzene ring substituents is 1. The molecule has 0 aliphatic carbocycles. The number of morpholine rings is 1. The van der Waals surface area contributed by atoms with Gasteiger partial charge in [-0.2, -0.15) is 20.1 Å². The molecule has 0 spiro atoms. The van der Waals surface area contributed by atoms with Gasteiger partial charge in [0.25, 0.3) is 5.69 Å². The van der Waals surface area contributed by atoms with Gasteiger partial charge < -0.3 is 20.1 Å². The number of hydrogen-bond donors (Lipinski definition) is 3. The molecule has 0 amide bonds. The number of phenols is 1. The summed E-state index contributed by atoms with van der Waals surface area (Å²) < 4.78 is 5.40. The molecule has 0 saturated carbocycles. The number of rotatable bonds is 7.